The van der Waals surface area contributed by atoms with Crippen molar-refractivity contribution in [3.63, 3.8) is 0 Å². The molecule has 0 aromatic heterocycles. The number of rotatable bonds is 4. The molecule has 1 aliphatic rings. The molecular weight excluding hydrogens is 186 g/mol. The van der Waals surface area contributed by atoms with Crippen LogP contribution in [0.2, 0.25) is 0 Å². The van der Waals surface area contributed by atoms with Crippen LogP contribution in [0, 0.1) is 17.8 Å². The second-order valence-electron chi connectivity index (χ2n) is 5.85. The first-order valence-corrected chi connectivity index (χ1v) is 6.30. The number of ether oxygens (including phenoxy) is 1. The molecule has 2 atom stereocenters. The molecule has 2 nitrogen and oxygen atoms in total. The molecule has 1 heterocycles. The Morgan fingerprint density at radius 1 is 1.40 bits per heavy atom. The van der Waals surface area contributed by atoms with Gasteiger partial charge in [0.25, 0.3) is 0 Å². The summed E-state index contributed by atoms with van der Waals surface area (Å²) in [4.78, 5) is 0. The molecule has 1 fully saturated rings. The minimum atomic E-state index is 0.0741. The molecular formula is C13H27NO. The van der Waals surface area contributed by atoms with Crippen LogP contribution in [-0.2, 0) is 4.74 Å². The zero-order valence-electron chi connectivity index (χ0n) is 10.8. The summed E-state index contributed by atoms with van der Waals surface area (Å²) in [5.41, 5.74) is 5.78. The lowest BCUT2D eigenvalue weighted by Crippen LogP contribution is -2.38. The van der Waals surface area contributed by atoms with Gasteiger partial charge in [0.2, 0.25) is 0 Å². The van der Waals surface area contributed by atoms with E-state index in [4.69, 9.17) is 10.5 Å². The summed E-state index contributed by atoms with van der Waals surface area (Å²) >= 11 is 0. The summed E-state index contributed by atoms with van der Waals surface area (Å²) in [5, 5.41) is 0. The van der Waals surface area contributed by atoms with Gasteiger partial charge in [0.1, 0.15) is 0 Å². The molecule has 15 heavy (non-hydrogen) atoms. The van der Waals surface area contributed by atoms with Gasteiger partial charge >= 0.3 is 0 Å². The number of nitrogens with two attached hydrogens (primary N) is 1. The molecule has 1 aliphatic heterocycles. The van der Waals surface area contributed by atoms with Gasteiger partial charge in [-0.3, -0.25) is 0 Å². The van der Waals surface area contributed by atoms with Crippen LogP contribution in [0.4, 0.5) is 0 Å². The van der Waals surface area contributed by atoms with Gasteiger partial charge in [0.05, 0.1) is 5.60 Å². The van der Waals surface area contributed by atoms with E-state index in [1.165, 1.54) is 19.3 Å². The van der Waals surface area contributed by atoms with E-state index >= 15 is 0 Å². The van der Waals surface area contributed by atoms with Crippen molar-refractivity contribution in [2.75, 3.05) is 13.2 Å². The molecule has 0 aromatic rings. The average molecular weight is 213 g/mol. The SMILES string of the molecule is CC(C)[C@H](CCN)[C@@H]1CCOC(C)(C)C1. The maximum absolute atomic E-state index is 5.77. The highest BCUT2D eigenvalue weighted by molar-refractivity contribution is 4.84. The van der Waals surface area contributed by atoms with Crippen LogP contribution in [0.15, 0.2) is 0 Å². The smallest absolute Gasteiger partial charge is 0.0629 e. The van der Waals surface area contributed by atoms with Crippen LogP contribution in [-0.4, -0.2) is 18.8 Å². The highest BCUT2D eigenvalue weighted by atomic mass is 16.5. The van der Waals surface area contributed by atoms with Gasteiger partial charge in [-0.2, -0.15) is 0 Å². The van der Waals surface area contributed by atoms with Crippen LogP contribution < -0.4 is 5.73 Å². The maximum atomic E-state index is 5.77. The summed E-state index contributed by atoms with van der Waals surface area (Å²) in [6, 6.07) is 0. The first-order valence-electron chi connectivity index (χ1n) is 6.30. The van der Waals surface area contributed by atoms with Crippen molar-refractivity contribution < 1.29 is 4.74 Å². The summed E-state index contributed by atoms with van der Waals surface area (Å²) in [7, 11) is 0. The van der Waals surface area contributed by atoms with Crippen molar-refractivity contribution in [2.24, 2.45) is 23.5 Å². The summed E-state index contributed by atoms with van der Waals surface area (Å²) in [6.07, 6.45) is 3.57. The van der Waals surface area contributed by atoms with Crippen molar-refractivity contribution in [3.8, 4) is 0 Å². The molecule has 0 bridgehead atoms. The molecule has 2 N–H and O–H groups in total. The van der Waals surface area contributed by atoms with Crippen molar-refractivity contribution in [3.05, 3.63) is 0 Å². The lowest BCUT2D eigenvalue weighted by Gasteiger charge is -2.40. The molecule has 0 spiro atoms. The van der Waals surface area contributed by atoms with E-state index in [1.807, 2.05) is 0 Å². The van der Waals surface area contributed by atoms with E-state index in [0.29, 0.717) is 0 Å². The van der Waals surface area contributed by atoms with Crippen molar-refractivity contribution >= 4 is 0 Å². The molecule has 90 valence electrons. The van der Waals surface area contributed by atoms with E-state index in [9.17, 15) is 0 Å². The van der Waals surface area contributed by atoms with Gasteiger partial charge in [-0.25, -0.2) is 0 Å². The number of hydrogen-bond acceptors (Lipinski definition) is 2. The average Bonchev–Trinajstić information content (AvgIpc) is 2.11. The van der Waals surface area contributed by atoms with Crippen LogP contribution in [0.5, 0.6) is 0 Å². The first-order chi connectivity index (χ1) is 6.96. The fraction of sp³-hybridized carbons (Fsp3) is 1.00. The van der Waals surface area contributed by atoms with Crippen LogP contribution in [0.3, 0.4) is 0 Å². The summed E-state index contributed by atoms with van der Waals surface area (Å²) in [6.45, 7) is 10.8. The summed E-state index contributed by atoms with van der Waals surface area (Å²) < 4.78 is 5.77. The van der Waals surface area contributed by atoms with Gasteiger partial charge in [-0.15, -0.1) is 0 Å². The molecule has 1 saturated heterocycles. The van der Waals surface area contributed by atoms with Crippen molar-refractivity contribution in [1.29, 1.82) is 0 Å². The zero-order valence-corrected chi connectivity index (χ0v) is 10.8. The quantitative estimate of drug-likeness (QED) is 0.779. The Bertz CT molecular complexity index is 189. The number of hydrogen-bond donors (Lipinski definition) is 1. The Morgan fingerprint density at radius 3 is 2.53 bits per heavy atom. The van der Waals surface area contributed by atoms with E-state index in [2.05, 4.69) is 27.7 Å². The van der Waals surface area contributed by atoms with Gasteiger partial charge < -0.3 is 10.5 Å². The molecule has 0 unspecified atom stereocenters. The standard InChI is InChI=1S/C13H27NO/c1-10(2)12(5-7-14)11-6-8-15-13(3,4)9-11/h10-12H,5-9,14H2,1-4H3/t11-,12+/m1/s1. The maximum Gasteiger partial charge on any atom is 0.0629 e. The topological polar surface area (TPSA) is 35.2 Å². The van der Waals surface area contributed by atoms with Crippen LogP contribution in [0.25, 0.3) is 0 Å². The van der Waals surface area contributed by atoms with E-state index in [-0.39, 0.29) is 5.60 Å². The third kappa shape index (κ3) is 3.76. The van der Waals surface area contributed by atoms with Crippen molar-refractivity contribution in [1.82, 2.24) is 0 Å². The third-order valence-corrected chi connectivity index (χ3v) is 3.70. The highest BCUT2D eigenvalue weighted by Crippen LogP contribution is 2.37. The van der Waals surface area contributed by atoms with E-state index < -0.39 is 0 Å². The lowest BCUT2D eigenvalue weighted by molar-refractivity contribution is -0.0866. The molecule has 1 rings (SSSR count). The minimum absolute atomic E-state index is 0.0741. The lowest BCUT2D eigenvalue weighted by atomic mass is 9.73. The Hall–Kier alpha value is -0.0800. The first kappa shape index (κ1) is 13.0. The Labute approximate surface area is 94.6 Å². The molecule has 0 amide bonds. The summed E-state index contributed by atoms with van der Waals surface area (Å²) in [5.74, 6) is 2.32. The predicted molar refractivity (Wildman–Crippen MR) is 64.8 cm³/mol. The molecule has 0 radical (unpaired) electrons. The molecule has 0 aliphatic carbocycles. The van der Waals surface area contributed by atoms with Gasteiger partial charge in [-0.1, -0.05) is 13.8 Å². The van der Waals surface area contributed by atoms with E-state index in [1.54, 1.807) is 0 Å². The third-order valence-electron chi connectivity index (χ3n) is 3.70. The fourth-order valence-electron chi connectivity index (χ4n) is 2.95. The normalized spacial score (nSPS) is 28.0. The molecule has 0 saturated carbocycles. The largest absolute Gasteiger partial charge is 0.376 e. The Morgan fingerprint density at radius 2 is 2.07 bits per heavy atom. The minimum Gasteiger partial charge on any atom is -0.376 e. The van der Waals surface area contributed by atoms with Crippen LogP contribution >= 0.6 is 0 Å². The highest BCUT2D eigenvalue weighted by Gasteiger charge is 2.34. The van der Waals surface area contributed by atoms with Gasteiger partial charge in [-0.05, 0) is 57.4 Å². The monoisotopic (exact) mass is 213 g/mol. The van der Waals surface area contributed by atoms with Crippen LogP contribution in [0.1, 0.15) is 47.0 Å². The predicted octanol–water partition coefficient (Wildman–Crippen LogP) is 2.81. The fourth-order valence-corrected chi connectivity index (χ4v) is 2.95. The van der Waals surface area contributed by atoms with Gasteiger partial charge in [0.15, 0.2) is 0 Å². The molecule has 0 aromatic carbocycles. The Balaban J connectivity index is 2.59. The van der Waals surface area contributed by atoms with Gasteiger partial charge in [0, 0.05) is 6.61 Å². The molecule has 2 heteroatoms. The second kappa shape index (κ2) is 5.31. The van der Waals surface area contributed by atoms with E-state index in [0.717, 1.165) is 30.9 Å². The zero-order chi connectivity index (χ0) is 11.5. The Kier molecular flexibility index (Phi) is 4.60. The van der Waals surface area contributed by atoms with Crippen molar-refractivity contribution in [2.45, 2.75) is 52.6 Å². The second-order valence-corrected chi connectivity index (χ2v) is 5.85.